The fourth-order valence-corrected chi connectivity index (χ4v) is 1.64. The maximum Gasteiger partial charge on any atom is 0.278 e. The molecule has 0 fully saturated rings. The van der Waals surface area contributed by atoms with Gasteiger partial charge in [-0.15, -0.1) is 0 Å². The highest BCUT2D eigenvalue weighted by molar-refractivity contribution is 5.91. The van der Waals surface area contributed by atoms with Crippen LogP contribution in [-0.4, -0.2) is 9.91 Å². The first kappa shape index (κ1) is 8.74. The van der Waals surface area contributed by atoms with Crippen LogP contribution in [0.4, 0.5) is 5.69 Å². The molecule has 0 aliphatic carbocycles. The molecule has 1 N–H and O–H groups in total. The molecule has 0 atom stereocenters. The molecule has 0 saturated heterocycles. The summed E-state index contributed by atoms with van der Waals surface area (Å²) in [6.45, 7) is 3.82. The summed E-state index contributed by atoms with van der Waals surface area (Å²) in [5.41, 5.74) is 2.99. The standard InChI is InChI=1S/C10H10N2O2/c1-6-3-4-9(12(13)14)8-5-7(2)11-10(6)8/h3-5,11H,1-2H3. The summed E-state index contributed by atoms with van der Waals surface area (Å²) in [6.07, 6.45) is 0. The van der Waals surface area contributed by atoms with Gasteiger partial charge in [0.15, 0.2) is 0 Å². The molecule has 2 aromatic rings. The van der Waals surface area contributed by atoms with Gasteiger partial charge in [-0.3, -0.25) is 10.1 Å². The summed E-state index contributed by atoms with van der Waals surface area (Å²) in [4.78, 5) is 13.5. The Labute approximate surface area is 80.7 Å². The summed E-state index contributed by atoms with van der Waals surface area (Å²) in [6, 6.07) is 5.11. The van der Waals surface area contributed by atoms with Crippen molar-refractivity contribution in [1.29, 1.82) is 0 Å². The fourth-order valence-electron chi connectivity index (χ4n) is 1.64. The minimum Gasteiger partial charge on any atom is -0.358 e. The molecule has 14 heavy (non-hydrogen) atoms. The Balaban J connectivity index is 2.87. The molecule has 0 spiro atoms. The second-order valence-corrected chi connectivity index (χ2v) is 3.40. The Morgan fingerprint density at radius 2 is 2.07 bits per heavy atom. The van der Waals surface area contributed by atoms with Gasteiger partial charge < -0.3 is 4.98 Å². The third-order valence-corrected chi connectivity index (χ3v) is 2.31. The van der Waals surface area contributed by atoms with E-state index >= 15 is 0 Å². The third kappa shape index (κ3) is 1.16. The van der Waals surface area contributed by atoms with Crippen LogP contribution in [0.2, 0.25) is 0 Å². The number of nitro groups is 1. The molecular formula is C10H10N2O2. The van der Waals surface area contributed by atoms with E-state index in [1.54, 1.807) is 18.2 Å². The van der Waals surface area contributed by atoms with E-state index < -0.39 is 0 Å². The molecule has 0 bridgehead atoms. The Kier molecular flexibility index (Phi) is 1.77. The maximum absolute atomic E-state index is 10.7. The molecule has 0 aliphatic heterocycles. The molecular weight excluding hydrogens is 180 g/mol. The van der Waals surface area contributed by atoms with Gasteiger partial charge in [-0.05, 0) is 25.5 Å². The Hall–Kier alpha value is -1.84. The average molecular weight is 190 g/mol. The monoisotopic (exact) mass is 190 g/mol. The molecule has 2 rings (SSSR count). The molecule has 1 heterocycles. The van der Waals surface area contributed by atoms with Crippen molar-refractivity contribution in [1.82, 2.24) is 4.98 Å². The predicted octanol–water partition coefficient (Wildman–Crippen LogP) is 2.69. The van der Waals surface area contributed by atoms with E-state index in [2.05, 4.69) is 4.98 Å². The van der Waals surface area contributed by atoms with Crippen molar-refractivity contribution >= 4 is 16.6 Å². The van der Waals surface area contributed by atoms with Gasteiger partial charge in [-0.2, -0.15) is 0 Å². The lowest BCUT2D eigenvalue weighted by Crippen LogP contribution is -1.89. The second-order valence-electron chi connectivity index (χ2n) is 3.40. The Morgan fingerprint density at radius 1 is 1.36 bits per heavy atom. The summed E-state index contributed by atoms with van der Waals surface area (Å²) >= 11 is 0. The summed E-state index contributed by atoms with van der Waals surface area (Å²) in [7, 11) is 0. The summed E-state index contributed by atoms with van der Waals surface area (Å²) in [5.74, 6) is 0. The van der Waals surface area contributed by atoms with Crippen LogP contribution in [-0.2, 0) is 0 Å². The van der Waals surface area contributed by atoms with Crippen LogP contribution in [0.5, 0.6) is 0 Å². The van der Waals surface area contributed by atoms with Crippen molar-refractivity contribution in [2.24, 2.45) is 0 Å². The summed E-state index contributed by atoms with van der Waals surface area (Å²) < 4.78 is 0. The van der Waals surface area contributed by atoms with E-state index in [0.717, 1.165) is 16.8 Å². The largest absolute Gasteiger partial charge is 0.358 e. The van der Waals surface area contributed by atoms with Gasteiger partial charge in [-0.25, -0.2) is 0 Å². The van der Waals surface area contributed by atoms with E-state index in [4.69, 9.17) is 0 Å². The minimum absolute atomic E-state index is 0.162. The van der Waals surface area contributed by atoms with Gasteiger partial charge in [-0.1, -0.05) is 6.07 Å². The van der Waals surface area contributed by atoms with Crippen molar-refractivity contribution in [3.05, 3.63) is 39.6 Å². The number of nitrogens with one attached hydrogen (secondary N) is 1. The lowest BCUT2D eigenvalue weighted by Gasteiger charge is -1.96. The lowest BCUT2D eigenvalue weighted by molar-refractivity contribution is -0.383. The number of nitrogens with zero attached hydrogens (tertiary/aromatic N) is 1. The normalized spacial score (nSPS) is 10.7. The number of benzene rings is 1. The van der Waals surface area contributed by atoms with Crippen LogP contribution in [0.3, 0.4) is 0 Å². The zero-order valence-corrected chi connectivity index (χ0v) is 8.00. The van der Waals surface area contributed by atoms with Crippen LogP contribution in [0.1, 0.15) is 11.3 Å². The van der Waals surface area contributed by atoms with Crippen LogP contribution in [0.25, 0.3) is 10.9 Å². The SMILES string of the molecule is Cc1cc2c([N+](=O)[O-])ccc(C)c2[nH]1. The predicted molar refractivity (Wildman–Crippen MR) is 54.4 cm³/mol. The molecule has 0 radical (unpaired) electrons. The van der Waals surface area contributed by atoms with E-state index in [9.17, 15) is 10.1 Å². The molecule has 0 unspecified atom stereocenters. The number of H-pyrrole nitrogens is 1. The quantitative estimate of drug-likeness (QED) is 0.555. The Morgan fingerprint density at radius 3 is 2.71 bits per heavy atom. The fraction of sp³-hybridized carbons (Fsp3) is 0.200. The number of nitro benzene ring substituents is 1. The first-order valence-corrected chi connectivity index (χ1v) is 4.33. The van der Waals surface area contributed by atoms with Crippen molar-refractivity contribution in [2.45, 2.75) is 13.8 Å². The number of fused-ring (bicyclic) bond motifs is 1. The number of non-ortho nitro benzene ring substituents is 1. The molecule has 0 amide bonds. The van der Waals surface area contributed by atoms with Gasteiger partial charge in [0, 0.05) is 11.8 Å². The average Bonchev–Trinajstić information content (AvgIpc) is 2.47. The zero-order valence-electron chi connectivity index (χ0n) is 8.00. The molecule has 4 nitrogen and oxygen atoms in total. The number of aromatic nitrogens is 1. The van der Waals surface area contributed by atoms with Gasteiger partial charge in [0.1, 0.15) is 0 Å². The molecule has 72 valence electrons. The van der Waals surface area contributed by atoms with Crippen molar-refractivity contribution in [3.8, 4) is 0 Å². The van der Waals surface area contributed by atoms with Crippen molar-refractivity contribution in [3.63, 3.8) is 0 Å². The Bertz CT molecular complexity index is 514. The van der Waals surface area contributed by atoms with E-state index in [1.165, 1.54) is 0 Å². The van der Waals surface area contributed by atoms with Crippen molar-refractivity contribution < 1.29 is 4.92 Å². The molecule has 1 aromatic heterocycles. The van der Waals surface area contributed by atoms with E-state index in [-0.39, 0.29) is 10.6 Å². The highest BCUT2D eigenvalue weighted by Crippen LogP contribution is 2.28. The van der Waals surface area contributed by atoms with Crippen LogP contribution < -0.4 is 0 Å². The van der Waals surface area contributed by atoms with Gasteiger partial charge in [0.2, 0.25) is 0 Å². The molecule has 0 saturated carbocycles. The topological polar surface area (TPSA) is 58.9 Å². The number of rotatable bonds is 1. The smallest absolute Gasteiger partial charge is 0.278 e. The van der Waals surface area contributed by atoms with Gasteiger partial charge in [0.25, 0.3) is 5.69 Å². The maximum atomic E-state index is 10.7. The highest BCUT2D eigenvalue weighted by atomic mass is 16.6. The van der Waals surface area contributed by atoms with Crippen LogP contribution in [0, 0.1) is 24.0 Å². The third-order valence-electron chi connectivity index (χ3n) is 2.31. The highest BCUT2D eigenvalue weighted by Gasteiger charge is 2.14. The number of aromatic amines is 1. The van der Waals surface area contributed by atoms with Gasteiger partial charge >= 0.3 is 0 Å². The van der Waals surface area contributed by atoms with E-state index in [0.29, 0.717) is 5.39 Å². The number of aryl methyl sites for hydroxylation is 2. The molecule has 4 heteroatoms. The number of hydrogen-bond acceptors (Lipinski definition) is 2. The molecule has 0 aliphatic rings. The lowest BCUT2D eigenvalue weighted by atomic mass is 10.1. The second kappa shape index (κ2) is 2.83. The zero-order chi connectivity index (χ0) is 10.3. The minimum atomic E-state index is -0.352. The van der Waals surface area contributed by atoms with Crippen LogP contribution >= 0.6 is 0 Å². The van der Waals surface area contributed by atoms with Gasteiger partial charge in [0.05, 0.1) is 15.8 Å². The first-order chi connectivity index (χ1) is 6.59. The van der Waals surface area contributed by atoms with Crippen LogP contribution in [0.15, 0.2) is 18.2 Å². The summed E-state index contributed by atoms with van der Waals surface area (Å²) in [5, 5.41) is 11.4. The van der Waals surface area contributed by atoms with Crippen molar-refractivity contribution in [2.75, 3.05) is 0 Å². The van der Waals surface area contributed by atoms with E-state index in [1.807, 2.05) is 13.8 Å². The number of hydrogen-bond donors (Lipinski definition) is 1. The first-order valence-electron chi connectivity index (χ1n) is 4.33. The molecule has 1 aromatic carbocycles.